The molecule has 1 saturated carbocycles. The molecule has 3 rings (SSSR count). The number of fused-ring (bicyclic) bond motifs is 1. The van der Waals surface area contributed by atoms with Gasteiger partial charge >= 0.3 is 5.97 Å². The van der Waals surface area contributed by atoms with E-state index in [1.165, 1.54) is 36.6 Å². The zero-order chi connectivity index (χ0) is 14.7. The summed E-state index contributed by atoms with van der Waals surface area (Å²) in [5, 5.41) is 9.86. The lowest BCUT2D eigenvalue weighted by Gasteiger charge is -2.12. The van der Waals surface area contributed by atoms with E-state index in [4.69, 9.17) is 9.84 Å². The SMILES string of the molecule is O=C(O)CCCOc1cccc2[nH]cc(C3CCCC3)c12. The van der Waals surface area contributed by atoms with E-state index in [-0.39, 0.29) is 6.42 Å². The van der Waals surface area contributed by atoms with Gasteiger partial charge in [-0.15, -0.1) is 0 Å². The zero-order valence-corrected chi connectivity index (χ0v) is 12.1. The normalized spacial score (nSPS) is 15.6. The molecule has 1 aliphatic rings. The van der Waals surface area contributed by atoms with Crippen molar-refractivity contribution in [2.24, 2.45) is 0 Å². The average molecular weight is 287 g/mol. The van der Waals surface area contributed by atoms with Crippen molar-refractivity contribution in [3.05, 3.63) is 30.0 Å². The fourth-order valence-corrected chi connectivity index (χ4v) is 3.26. The van der Waals surface area contributed by atoms with Gasteiger partial charge in [0.1, 0.15) is 5.75 Å². The molecule has 2 N–H and O–H groups in total. The zero-order valence-electron chi connectivity index (χ0n) is 12.1. The number of hydrogen-bond donors (Lipinski definition) is 2. The van der Waals surface area contributed by atoms with Crippen LogP contribution in [-0.4, -0.2) is 22.7 Å². The van der Waals surface area contributed by atoms with Crippen LogP contribution in [0.1, 0.15) is 50.0 Å². The van der Waals surface area contributed by atoms with Crippen molar-refractivity contribution in [3.63, 3.8) is 0 Å². The molecule has 1 aromatic carbocycles. The van der Waals surface area contributed by atoms with E-state index >= 15 is 0 Å². The van der Waals surface area contributed by atoms with E-state index in [9.17, 15) is 4.79 Å². The minimum absolute atomic E-state index is 0.151. The molecule has 1 heterocycles. The van der Waals surface area contributed by atoms with Crippen molar-refractivity contribution in [2.45, 2.75) is 44.4 Å². The smallest absolute Gasteiger partial charge is 0.303 e. The Kier molecular flexibility index (Phi) is 4.13. The topological polar surface area (TPSA) is 62.3 Å². The summed E-state index contributed by atoms with van der Waals surface area (Å²) in [6.07, 6.45) is 7.91. The molecule has 4 nitrogen and oxygen atoms in total. The van der Waals surface area contributed by atoms with Crippen molar-refractivity contribution < 1.29 is 14.6 Å². The Hall–Kier alpha value is -1.97. The van der Waals surface area contributed by atoms with Crippen LogP contribution in [0.25, 0.3) is 10.9 Å². The van der Waals surface area contributed by atoms with E-state index in [0.717, 1.165) is 11.3 Å². The van der Waals surface area contributed by atoms with Gasteiger partial charge in [-0.25, -0.2) is 0 Å². The molecule has 1 aromatic heterocycles. The highest BCUT2D eigenvalue weighted by atomic mass is 16.5. The quantitative estimate of drug-likeness (QED) is 0.787. The number of carboxylic acid groups (broad SMARTS) is 1. The first-order valence-electron chi connectivity index (χ1n) is 7.70. The van der Waals surface area contributed by atoms with E-state index in [2.05, 4.69) is 17.2 Å². The van der Waals surface area contributed by atoms with E-state index in [1.54, 1.807) is 0 Å². The van der Waals surface area contributed by atoms with Crippen molar-refractivity contribution in [1.82, 2.24) is 4.98 Å². The Morgan fingerprint density at radius 1 is 1.33 bits per heavy atom. The number of aromatic amines is 1. The molecule has 0 spiro atoms. The van der Waals surface area contributed by atoms with Crippen LogP contribution in [0, 0.1) is 0 Å². The Labute approximate surface area is 124 Å². The predicted molar refractivity (Wildman–Crippen MR) is 81.9 cm³/mol. The number of ether oxygens (including phenoxy) is 1. The summed E-state index contributed by atoms with van der Waals surface area (Å²) in [6, 6.07) is 6.02. The second kappa shape index (κ2) is 6.20. The van der Waals surface area contributed by atoms with Crippen LogP contribution in [0.5, 0.6) is 5.75 Å². The maximum Gasteiger partial charge on any atom is 0.303 e. The number of carbonyl (C=O) groups is 1. The van der Waals surface area contributed by atoms with E-state index in [0.29, 0.717) is 18.9 Å². The van der Waals surface area contributed by atoms with Crippen molar-refractivity contribution in [3.8, 4) is 5.75 Å². The second-order valence-corrected chi connectivity index (χ2v) is 5.75. The highest BCUT2D eigenvalue weighted by Crippen LogP contribution is 2.40. The van der Waals surface area contributed by atoms with Crippen LogP contribution in [-0.2, 0) is 4.79 Å². The number of rotatable bonds is 6. The van der Waals surface area contributed by atoms with Gasteiger partial charge in [0.15, 0.2) is 0 Å². The Morgan fingerprint density at radius 3 is 2.90 bits per heavy atom. The molecule has 112 valence electrons. The van der Waals surface area contributed by atoms with Crippen LogP contribution in [0.3, 0.4) is 0 Å². The third-order valence-corrected chi connectivity index (χ3v) is 4.29. The largest absolute Gasteiger partial charge is 0.493 e. The number of carboxylic acids is 1. The summed E-state index contributed by atoms with van der Waals surface area (Å²) < 4.78 is 5.84. The highest BCUT2D eigenvalue weighted by Gasteiger charge is 2.21. The highest BCUT2D eigenvalue weighted by molar-refractivity contribution is 5.89. The van der Waals surface area contributed by atoms with Crippen LogP contribution in [0.2, 0.25) is 0 Å². The Morgan fingerprint density at radius 2 is 2.14 bits per heavy atom. The minimum Gasteiger partial charge on any atom is -0.493 e. The van der Waals surface area contributed by atoms with Crippen LogP contribution in [0.4, 0.5) is 0 Å². The predicted octanol–water partition coefficient (Wildman–Crippen LogP) is 4.07. The standard InChI is InChI=1S/C17H21NO3/c19-16(20)9-4-10-21-15-8-3-7-14-17(15)13(11-18-14)12-5-1-2-6-12/h3,7-8,11-12,18H,1-2,4-6,9-10H2,(H,19,20). The molecule has 0 bridgehead atoms. The third-order valence-electron chi connectivity index (χ3n) is 4.29. The monoisotopic (exact) mass is 287 g/mol. The average Bonchev–Trinajstić information content (AvgIpc) is 3.11. The maximum absolute atomic E-state index is 10.5. The maximum atomic E-state index is 10.5. The summed E-state index contributed by atoms with van der Waals surface area (Å²) in [4.78, 5) is 13.9. The number of aliphatic carboxylic acids is 1. The first-order valence-corrected chi connectivity index (χ1v) is 7.70. The van der Waals surface area contributed by atoms with Crippen LogP contribution in [0.15, 0.2) is 24.4 Å². The third kappa shape index (κ3) is 3.04. The van der Waals surface area contributed by atoms with Crippen molar-refractivity contribution in [1.29, 1.82) is 0 Å². The summed E-state index contributed by atoms with van der Waals surface area (Å²) in [5.41, 5.74) is 2.46. The summed E-state index contributed by atoms with van der Waals surface area (Å²) >= 11 is 0. The van der Waals surface area contributed by atoms with Gasteiger partial charge in [-0.05, 0) is 42.9 Å². The summed E-state index contributed by atoms with van der Waals surface area (Å²) in [6.45, 7) is 0.445. The summed E-state index contributed by atoms with van der Waals surface area (Å²) in [7, 11) is 0. The molecular weight excluding hydrogens is 266 g/mol. The number of aromatic nitrogens is 1. The lowest BCUT2D eigenvalue weighted by molar-refractivity contribution is -0.137. The van der Waals surface area contributed by atoms with Gasteiger partial charge in [0.2, 0.25) is 0 Å². The molecule has 0 amide bonds. The molecular formula is C17H21NO3. The Balaban J connectivity index is 1.80. The van der Waals surface area contributed by atoms with Crippen molar-refractivity contribution >= 4 is 16.9 Å². The molecule has 1 fully saturated rings. The lowest BCUT2D eigenvalue weighted by atomic mass is 9.97. The van der Waals surface area contributed by atoms with Gasteiger partial charge in [-0.1, -0.05) is 18.9 Å². The van der Waals surface area contributed by atoms with Gasteiger partial charge in [0.05, 0.1) is 6.61 Å². The molecule has 2 aromatic rings. The van der Waals surface area contributed by atoms with E-state index < -0.39 is 5.97 Å². The number of H-pyrrole nitrogens is 1. The molecule has 21 heavy (non-hydrogen) atoms. The van der Waals surface area contributed by atoms with Gasteiger partial charge < -0.3 is 14.8 Å². The van der Waals surface area contributed by atoms with Gasteiger partial charge in [0, 0.05) is 23.5 Å². The number of nitrogens with one attached hydrogen (secondary N) is 1. The van der Waals surface area contributed by atoms with Crippen LogP contribution < -0.4 is 4.74 Å². The fourth-order valence-electron chi connectivity index (χ4n) is 3.26. The first-order chi connectivity index (χ1) is 10.3. The molecule has 4 heteroatoms. The second-order valence-electron chi connectivity index (χ2n) is 5.75. The van der Waals surface area contributed by atoms with Gasteiger partial charge in [0.25, 0.3) is 0 Å². The van der Waals surface area contributed by atoms with Crippen LogP contribution >= 0.6 is 0 Å². The molecule has 0 saturated heterocycles. The molecule has 0 unspecified atom stereocenters. The first kappa shape index (κ1) is 14.0. The Bertz CT molecular complexity index is 626. The van der Waals surface area contributed by atoms with Crippen molar-refractivity contribution in [2.75, 3.05) is 6.61 Å². The molecule has 0 radical (unpaired) electrons. The minimum atomic E-state index is -0.773. The fraction of sp³-hybridized carbons (Fsp3) is 0.471. The number of hydrogen-bond acceptors (Lipinski definition) is 2. The molecule has 0 aliphatic heterocycles. The van der Waals surface area contributed by atoms with E-state index in [1.807, 2.05) is 12.1 Å². The summed E-state index contributed by atoms with van der Waals surface area (Å²) in [5.74, 6) is 0.730. The molecule has 1 aliphatic carbocycles. The molecule has 0 atom stereocenters. The number of benzene rings is 1. The van der Waals surface area contributed by atoms with Gasteiger partial charge in [-0.3, -0.25) is 4.79 Å². The lowest BCUT2D eigenvalue weighted by Crippen LogP contribution is -2.02. The van der Waals surface area contributed by atoms with Gasteiger partial charge in [-0.2, -0.15) is 0 Å².